The van der Waals surface area contributed by atoms with Crippen molar-refractivity contribution >= 4 is 15.9 Å². The van der Waals surface area contributed by atoms with Crippen LogP contribution in [0.2, 0.25) is 0 Å². The molecule has 1 nitrogen and oxygen atoms in total. The van der Waals surface area contributed by atoms with Crippen LogP contribution in [0.1, 0.15) is 29.5 Å². The second kappa shape index (κ2) is 4.84. The first-order chi connectivity index (χ1) is 7.59. The maximum atomic E-state index is 13.6. The van der Waals surface area contributed by atoms with Crippen molar-refractivity contribution in [3.63, 3.8) is 0 Å². The fraction of sp³-hybridized carbons (Fsp3) is 0.538. The molecule has 1 saturated heterocycles. The molecule has 0 radical (unpaired) electrons. The molecule has 2 rings (SSSR count). The van der Waals surface area contributed by atoms with Gasteiger partial charge in [0, 0.05) is 6.04 Å². The van der Waals surface area contributed by atoms with E-state index in [-0.39, 0.29) is 5.82 Å². The molecule has 1 aliphatic rings. The van der Waals surface area contributed by atoms with Crippen LogP contribution < -0.4 is 5.32 Å². The Bertz CT molecular complexity index is 371. The van der Waals surface area contributed by atoms with Crippen molar-refractivity contribution in [1.82, 2.24) is 5.32 Å². The van der Waals surface area contributed by atoms with Gasteiger partial charge in [0.05, 0.1) is 4.47 Å². The molecule has 1 atom stereocenters. The predicted octanol–water partition coefficient (Wildman–Crippen LogP) is 3.50. The zero-order valence-electron chi connectivity index (χ0n) is 9.74. The highest BCUT2D eigenvalue weighted by Gasteiger charge is 2.19. The lowest BCUT2D eigenvalue weighted by atomic mass is 9.97. The van der Waals surface area contributed by atoms with Gasteiger partial charge in [0.15, 0.2) is 0 Å². The number of rotatable bonds is 2. The number of benzene rings is 1. The van der Waals surface area contributed by atoms with Crippen molar-refractivity contribution in [1.29, 1.82) is 0 Å². The molecule has 0 saturated carbocycles. The average molecular weight is 286 g/mol. The maximum absolute atomic E-state index is 13.6. The summed E-state index contributed by atoms with van der Waals surface area (Å²) in [7, 11) is 0. The van der Waals surface area contributed by atoms with E-state index in [1.807, 2.05) is 6.92 Å². The van der Waals surface area contributed by atoms with Gasteiger partial charge in [-0.05, 0) is 78.3 Å². The molecular weight excluding hydrogens is 269 g/mol. The summed E-state index contributed by atoms with van der Waals surface area (Å²) < 4.78 is 14.3. The molecular formula is C13H17BrFN. The van der Waals surface area contributed by atoms with Crippen LogP contribution in [0, 0.1) is 19.7 Å². The highest BCUT2D eigenvalue weighted by atomic mass is 79.9. The van der Waals surface area contributed by atoms with Gasteiger partial charge in [-0.3, -0.25) is 0 Å². The Kier molecular flexibility index (Phi) is 3.65. The van der Waals surface area contributed by atoms with Crippen LogP contribution in [-0.2, 0) is 6.42 Å². The molecule has 0 amide bonds. The van der Waals surface area contributed by atoms with Gasteiger partial charge >= 0.3 is 0 Å². The van der Waals surface area contributed by atoms with E-state index in [1.165, 1.54) is 18.4 Å². The lowest BCUT2D eigenvalue weighted by Crippen LogP contribution is -2.24. The number of halogens is 2. The summed E-state index contributed by atoms with van der Waals surface area (Å²) in [5.41, 5.74) is 3.37. The van der Waals surface area contributed by atoms with Gasteiger partial charge < -0.3 is 5.32 Å². The van der Waals surface area contributed by atoms with E-state index in [0.717, 1.165) is 24.1 Å². The molecule has 0 aromatic heterocycles. The summed E-state index contributed by atoms with van der Waals surface area (Å²) >= 11 is 3.37. The first-order valence-corrected chi connectivity index (χ1v) is 6.56. The number of hydrogen-bond acceptors (Lipinski definition) is 1. The standard InChI is InChI=1S/C13H17BrFN/c1-8-6-12(15)13(14)11(9(8)2)7-10-4-3-5-16-10/h6,10,16H,3-5,7H2,1-2H3. The third kappa shape index (κ3) is 2.30. The van der Waals surface area contributed by atoms with E-state index < -0.39 is 0 Å². The lowest BCUT2D eigenvalue weighted by molar-refractivity contribution is 0.585. The van der Waals surface area contributed by atoms with Gasteiger partial charge in [0.2, 0.25) is 0 Å². The Labute approximate surface area is 105 Å². The Morgan fingerprint density at radius 1 is 1.50 bits per heavy atom. The molecule has 16 heavy (non-hydrogen) atoms. The molecule has 1 unspecified atom stereocenters. The van der Waals surface area contributed by atoms with Gasteiger partial charge in [0.25, 0.3) is 0 Å². The molecule has 1 aromatic carbocycles. The smallest absolute Gasteiger partial charge is 0.137 e. The van der Waals surface area contributed by atoms with E-state index in [9.17, 15) is 4.39 Å². The zero-order chi connectivity index (χ0) is 11.7. The first-order valence-electron chi connectivity index (χ1n) is 5.77. The minimum absolute atomic E-state index is 0.143. The van der Waals surface area contributed by atoms with E-state index >= 15 is 0 Å². The van der Waals surface area contributed by atoms with Crippen molar-refractivity contribution in [2.45, 2.75) is 39.2 Å². The second-order valence-corrected chi connectivity index (χ2v) is 5.38. The van der Waals surface area contributed by atoms with E-state index in [4.69, 9.17) is 0 Å². The fourth-order valence-electron chi connectivity index (χ4n) is 2.33. The fourth-order valence-corrected chi connectivity index (χ4v) is 2.90. The minimum atomic E-state index is -0.143. The summed E-state index contributed by atoms with van der Waals surface area (Å²) in [6.07, 6.45) is 3.35. The van der Waals surface area contributed by atoms with Crippen LogP contribution in [0.25, 0.3) is 0 Å². The summed E-state index contributed by atoms with van der Waals surface area (Å²) in [5.74, 6) is -0.143. The van der Waals surface area contributed by atoms with Crippen molar-refractivity contribution in [2.24, 2.45) is 0 Å². The van der Waals surface area contributed by atoms with Crippen LogP contribution in [0.15, 0.2) is 10.5 Å². The topological polar surface area (TPSA) is 12.0 Å². The van der Waals surface area contributed by atoms with Gasteiger partial charge in [-0.15, -0.1) is 0 Å². The molecule has 0 bridgehead atoms. The highest BCUT2D eigenvalue weighted by molar-refractivity contribution is 9.10. The van der Waals surface area contributed by atoms with E-state index in [2.05, 4.69) is 28.2 Å². The summed E-state index contributed by atoms with van der Waals surface area (Å²) in [6.45, 7) is 5.13. The monoisotopic (exact) mass is 285 g/mol. The van der Waals surface area contributed by atoms with Gasteiger partial charge in [-0.1, -0.05) is 0 Å². The van der Waals surface area contributed by atoms with Gasteiger partial charge in [-0.2, -0.15) is 0 Å². The third-order valence-corrected chi connectivity index (χ3v) is 4.33. The van der Waals surface area contributed by atoms with Crippen molar-refractivity contribution in [3.05, 3.63) is 33.0 Å². The van der Waals surface area contributed by atoms with Crippen LogP contribution in [0.4, 0.5) is 4.39 Å². The molecule has 3 heteroatoms. The molecule has 0 spiro atoms. The molecule has 1 aliphatic heterocycles. The van der Waals surface area contributed by atoms with E-state index in [1.54, 1.807) is 6.07 Å². The van der Waals surface area contributed by atoms with Gasteiger partial charge in [-0.25, -0.2) is 4.39 Å². The second-order valence-electron chi connectivity index (χ2n) is 4.59. The number of aryl methyl sites for hydroxylation is 1. The Balaban J connectivity index is 2.31. The largest absolute Gasteiger partial charge is 0.314 e. The highest BCUT2D eigenvalue weighted by Crippen LogP contribution is 2.28. The summed E-state index contributed by atoms with van der Waals surface area (Å²) in [6, 6.07) is 2.11. The van der Waals surface area contributed by atoms with Crippen LogP contribution >= 0.6 is 15.9 Å². The first kappa shape index (κ1) is 12.1. The summed E-state index contributed by atoms with van der Waals surface area (Å²) in [4.78, 5) is 0. The normalized spacial score (nSPS) is 20.4. The van der Waals surface area contributed by atoms with Gasteiger partial charge in [0.1, 0.15) is 5.82 Å². The Morgan fingerprint density at radius 2 is 2.25 bits per heavy atom. The molecule has 1 N–H and O–H groups in total. The number of hydrogen-bond donors (Lipinski definition) is 1. The quantitative estimate of drug-likeness (QED) is 0.877. The lowest BCUT2D eigenvalue weighted by Gasteiger charge is -2.16. The summed E-state index contributed by atoms with van der Waals surface area (Å²) in [5, 5.41) is 3.46. The van der Waals surface area contributed by atoms with Crippen LogP contribution in [0.5, 0.6) is 0 Å². The Morgan fingerprint density at radius 3 is 2.88 bits per heavy atom. The zero-order valence-corrected chi connectivity index (χ0v) is 11.3. The number of nitrogens with one attached hydrogen (secondary N) is 1. The van der Waals surface area contributed by atoms with Crippen LogP contribution in [-0.4, -0.2) is 12.6 Å². The minimum Gasteiger partial charge on any atom is -0.314 e. The van der Waals surface area contributed by atoms with E-state index in [0.29, 0.717) is 10.5 Å². The van der Waals surface area contributed by atoms with Crippen LogP contribution in [0.3, 0.4) is 0 Å². The predicted molar refractivity (Wildman–Crippen MR) is 68.3 cm³/mol. The Hall–Kier alpha value is -0.410. The molecule has 1 aromatic rings. The van der Waals surface area contributed by atoms with Crippen molar-refractivity contribution in [2.75, 3.05) is 6.54 Å². The molecule has 1 heterocycles. The molecule has 0 aliphatic carbocycles. The third-order valence-electron chi connectivity index (χ3n) is 3.47. The van der Waals surface area contributed by atoms with Crippen molar-refractivity contribution in [3.8, 4) is 0 Å². The molecule has 88 valence electrons. The average Bonchev–Trinajstić information content (AvgIpc) is 2.74. The van der Waals surface area contributed by atoms with Crippen molar-refractivity contribution < 1.29 is 4.39 Å². The molecule has 1 fully saturated rings. The SMILES string of the molecule is Cc1cc(F)c(Br)c(CC2CCCN2)c1C. The maximum Gasteiger partial charge on any atom is 0.137 e.